The summed E-state index contributed by atoms with van der Waals surface area (Å²) in [7, 11) is -1.81. The van der Waals surface area contributed by atoms with Crippen LogP contribution < -0.4 is 4.72 Å². The Labute approximate surface area is 113 Å². The lowest BCUT2D eigenvalue weighted by molar-refractivity contribution is 0.600. The number of nitrogens with zero attached hydrogens (tertiary/aromatic N) is 2. The highest BCUT2D eigenvalue weighted by molar-refractivity contribution is 7.92. The maximum atomic E-state index is 12.3. The number of hydrogen-bond acceptors (Lipinski definition) is 3. The van der Waals surface area contributed by atoms with Gasteiger partial charge in [0.05, 0.1) is 22.5 Å². The van der Waals surface area contributed by atoms with Gasteiger partial charge in [-0.05, 0) is 32.4 Å². The molecule has 0 aliphatic heterocycles. The fourth-order valence-corrected chi connectivity index (χ4v) is 3.23. The molecule has 5 nitrogen and oxygen atoms in total. The first kappa shape index (κ1) is 13.6. The average molecular weight is 279 g/mol. The maximum Gasteiger partial charge on any atom is 0.262 e. The van der Waals surface area contributed by atoms with E-state index in [9.17, 15) is 8.42 Å². The molecule has 19 heavy (non-hydrogen) atoms. The van der Waals surface area contributed by atoms with Crippen LogP contribution in [0.4, 0.5) is 5.69 Å². The Morgan fingerprint density at radius 3 is 2.42 bits per heavy atom. The number of aromatic nitrogens is 2. The van der Waals surface area contributed by atoms with E-state index in [1.165, 1.54) is 6.20 Å². The number of rotatable bonds is 3. The second-order valence-corrected chi connectivity index (χ2v) is 6.29. The van der Waals surface area contributed by atoms with Crippen molar-refractivity contribution in [2.45, 2.75) is 25.7 Å². The zero-order chi connectivity index (χ0) is 14.2. The second-order valence-electron chi connectivity index (χ2n) is 4.64. The van der Waals surface area contributed by atoms with E-state index < -0.39 is 10.0 Å². The van der Waals surface area contributed by atoms with E-state index >= 15 is 0 Å². The van der Waals surface area contributed by atoms with E-state index in [0.717, 1.165) is 16.8 Å². The Morgan fingerprint density at radius 1 is 1.21 bits per heavy atom. The minimum atomic E-state index is -3.57. The van der Waals surface area contributed by atoms with Crippen molar-refractivity contribution in [2.24, 2.45) is 7.05 Å². The topological polar surface area (TPSA) is 64.0 Å². The normalized spacial score (nSPS) is 11.6. The van der Waals surface area contributed by atoms with E-state index in [1.807, 2.05) is 19.9 Å². The van der Waals surface area contributed by atoms with Gasteiger partial charge in [0.2, 0.25) is 0 Å². The molecule has 0 saturated heterocycles. The van der Waals surface area contributed by atoms with Crippen molar-refractivity contribution < 1.29 is 8.42 Å². The van der Waals surface area contributed by atoms with Gasteiger partial charge in [0.25, 0.3) is 10.0 Å². The zero-order valence-electron chi connectivity index (χ0n) is 11.4. The van der Waals surface area contributed by atoms with Crippen LogP contribution in [0.15, 0.2) is 29.3 Å². The van der Waals surface area contributed by atoms with E-state index in [4.69, 9.17) is 0 Å². The average Bonchev–Trinajstić information content (AvgIpc) is 2.60. The van der Waals surface area contributed by atoms with Gasteiger partial charge < -0.3 is 0 Å². The highest BCUT2D eigenvalue weighted by Crippen LogP contribution is 2.21. The molecular formula is C13H17N3O2S. The molecule has 0 unspecified atom stereocenters. The van der Waals surface area contributed by atoms with Crippen LogP contribution in [0.5, 0.6) is 0 Å². The number of aryl methyl sites for hydroxylation is 3. The fraction of sp³-hybridized carbons (Fsp3) is 0.308. The summed E-state index contributed by atoms with van der Waals surface area (Å²) in [6.45, 7) is 5.53. The molecule has 0 spiro atoms. The SMILES string of the molecule is Cc1ccc(S(=O)(=O)Nc2cnn(C)c2C)c(C)c1. The molecule has 0 amide bonds. The second kappa shape index (κ2) is 4.70. The molecule has 0 aliphatic carbocycles. The van der Waals surface area contributed by atoms with Gasteiger partial charge in [0, 0.05) is 7.05 Å². The minimum Gasteiger partial charge on any atom is -0.276 e. The monoisotopic (exact) mass is 279 g/mol. The lowest BCUT2D eigenvalue weighted by atomic mass is 10.2. The molecule has 1 aromatic carbocycles. The van der Waals surface area contributed by atoms with Crippen LogP contribution in [-0.2, 0) is 17.1 Å². The Bertz CT molecular complexity index is 717. The van der Waals surface area contributed by atoms with Crippen LogP contribution in [0.2, 0.25) is 0 Å². The molecule has 0 saturated carbocycles. The molecule has 2 aromatic rings. The lowest BCUT2D eigenvalue weighted by Gasteiger charge is -2.10. The third-order valence-electron chi connectivity index (χ3n) is 3.10. The molecular weight excluding hydrogens is 262 g/mol. The number of hydrogen-bond donors (Lipinski definition) is 1. The van der Waals surface area contributed by atoms with Gasteiger partial charge in [-0.25, -0.2) is 8.42 Å². The third-order valence-corrected chi connectivity index (χ3v) is 4.63. The number of sulfonamides is 1. The molecule has 1 aromatic heterocycles. The number of anilines is 1. The predicted molar refractivity (Wildman–Crippen MR) is 74.7 cm³/mol. The summed E-state index contributed by atoms with van der Waals surface area (Å²) in [6, 6.07) is 5.26. The van der Waals surface area contributed by atoms with E-state index in [2.05, 4.69) is 9.82 Å². The Hall–Kier alpha value is -1.82. The van der Waals surface area contributed by atoms with Gasteiger partial charge in [0.15, 0.2) is 0 Å². The zero-order valence-corrected chi connectivity index (χ0v) is 12.2. The first-order valence-electron chi connectivity index (χ1n) is 5.90. The van der Waals surface area contributed by atoms with Crippen LogP contribution >= 0.6 is 0 Å². The molecule has 0 atom stereocenters. The molecule has 0 radical (unpaired) electrons. The summed E-state index contributed by atoms with van der Waals surface area (Å²) < 4.78 is 28.9. The van der Waals surface area contributed by atoms with Gasteiger partial charge in [-0.2, -0.15) is 5.10 Å². The molecule has 0 fully saturated rings. The van der Waals surface area contributed by atoms with E-state index in [1.54, 1.807) is 30.8 Å². The molecule has 6 heteroatoms. The van der Waals surface area contributed by atoms with Crippen LogP contribution in [0.1, 0.15) is 16.8 Å². The van der Waals surface area contributed by atoms with Crippen LogP contribution in [0, 0.1) is 20.8 Å². The summed E-state index contributed by atoms with van der Waals surface area (Å²) in [4.78, 5) is 0.293. The van der Waals surface area contributed by atoms with Crippen molar-refractivity contribution in [3.63, 3.8) is 0 Å². The largest absolute Gasteiger partial charge is 0.276 e. The first-order valence-corrected chi connectivity index (χ1v) is 7.38. The molecule has 0 bridgehead atoms. The Balaban J connectivity index is 2.41. The molecule has 102 valence electrons. The summed E-state index contributed by atoms with van der Waals surface area (Å²) in [5.74, 6) is 0. The standard InChI is InChI=1S/C13H17N3O2S/c1-9-5-6-13(10(2)7-9)19(17,18)15-12-8-14-16(4)11(12)3/h5-8,15H,1-4H3. The molecule has 1 N–H and O–H groups in total. The minimum absolute atomic E-state index is 0.293. The highest BCUT2D eigenvalue weighted by atomic mass is 32.2. The van der Waals surface area contributed by atoms with Gasteiger partial charge in [-0.3, -0.25) is 9.40 Å². The Kier molecular flexibility index (Phi) is 3.36. The van der Waals surface area contributed by atoms with Crippen LogP contribution in [0.25, 0.3) is 0 Å². The van der Waals surface area contributed by atoms with Crippen LogP contribution in [0.3, 0.4) is 0 Å². The van der Waals surface area contributed by atoms with Crippen LogP contribution in [-0.4, -0.2) is 18.2 Å². The quantitative estimate of drug-likeness (QED) is 0.936. The Morgan fingerprint density at radius 2 is 1.89 bits per heavy atom. The van der Waals surface area contributed by atoms with Crippen molar-refractivity contribution in [3.05, 3.63) is 41.2 Å². The number of benzene rings is 1. The number of nitrogens with one attached hydrogen (secondary N) is 1. The summed E-state index contributed by atoms with van der Waals surface area (Å²) >= 11 is 0. The lowest BCUT2D eigenvalue weighted by Crippen LogP contribution is -2.14. The smallest absolute Gasteiger partial charge is 0.262 e. The van der Waals surface area contributed by atoms with Crippen molar-refractivity contribution in [1.29, 1.82) is 0 Å². The van der Waals surface area contributed by atoms with E-state index in [-0.39, 0.29) is 0 Å². The summed E-state index contributed by atoms with van der Waals surface area (Å²) in [6.07, 6.45) is 1.51. The highest BCUT2D eigenvalue weighted by Gasteiger charge is 2.18. The summed E-state index contributed by atoms with van der Waals surface area (Å²) in [5, 5.41) is 4.02. The van der Waals surface area contributed by atoms with Gasteiger partial charge in [-0.1, -0.05) is 17.7 Å². The van der Waals surface area contributed by atoms with Crippen molar-refractivity contribution in [3.8, 4) is 0 Å². The van der Waals surface area contributed by atoms with E-state index in [0.29, 0.717) is 10.6 Å². The van der Waals surface area contributed by atoms with Gasteiger partial charge in [-0.15, -0.1) is 0 Å². The van der Waals surface area contributed by atoms with Crippen molar-refractivity contribution >= 4 is 15.7 Å². The van der Waals surface area contributed by atoms with Crippen molar-refractivity contribution in [2.75, 3.05) is 4.72 Å². The van der Waals surface area contributed by atoms with Gasteiger partial charge >= 0.3 is 0 Å². The molecule has 0 aliphatic rings. The van der Waals surface area contributed by atoms with Gasteiger partial charge in [0.1, 0.15) is 0 Å². The fourth-order valence-electron chi connectivity index (χ4n) is 1.90. The molecule has 2 rings (SSSR count). The first-order chi connectivity index (χ1) is 8.81. The maximum absolute atomic E-state index is 12.3. The molecule has 1 heterocycles. The predicted octanol–water partition coefficient (Wildman–Crippen LogP) is 2.15. The van der Waals surface area contributed by atoms with Crippen molar-refractivity contribution in [1.82, 2.24) is 9.78 Å². The third kappa shape index (κ3) is 2.63. The summed E-state index contributed by atoms with van der Waals surface area (Å²) in [5.41, 5.74) is 3.04.